The molecule has 6 nitrogen and oxygen atoms in total. The number of aromatic nitrogens is 1. The number of fused-ring (bicyclic) bond motifs is 1. The van der Waals surface area contributed by atoms with Crippen LogP contribution in [-0.4, -0.2) is 23.4 Å². The minimum absolute atomic E-state index is 0.0614. The summed E-state index contributed by atoms with van der Waals surface area (Å²) >= 11 is 1.37. The third-order valence-electron chi connectivity index (χ3n) is 3.77. The predicted molar refractivity (Wildman–Crippen MR) is 97.7 cm³/mol. The molecule has 2 N–H and O–H groups in total. The number of thiazole rings is 1. The maximum Gasteiger partial charge on any atom is 0.249 e. The van der Waals surface area contributed by atoms with Gasteiger partial charge in [-0.2, -0.15) is 0 Å². The number of allylic oxidation sites excluding steroid dienone is 1. The van der Waals surface area contributed by atoms with Crippen LogP contribution in [0.25, 0.3) is 11.3 Å². The third kappa shape index (κ3) is 4.06. The highest BCUT2D eigenvalue weighted by Gasteiger charge is 2.23. The average molecular weight is 357 g/mol. The number of carbonyl (C=O) groups is 2. The van der Waals surface area contributed by atoms with E-state index in [2.05, 4.69) is 15.6 Å². The number of anilines is 1. The van der Waals surface area contributed by atoms with Gasteiger partial charge in [-0.1, -0.05) is 6.08 Å². The number of benzene rings is 1. The van der Waals surface area contributed by atoms with Gasteiger partial charge in [0.25, 0.3) is 0 Å². The van der Waals surface area contributed by atoms with E-state index in [9.17, 15) is 9.59 Å². The average Bonchev–Trinajstić information content (AvgIpc) is 3.03. The van der Waals surface area contributed by atoms with Crippen molar-refractivity contribution in [3.8, 4) is 17.0 Å². The molecule has 1 unspecified atom stereocenters. The molecule has 130 valence electrons. The van der Waals surface area contributed by atoms with Crippen molar-refractivity contribution in [3.63, 3.8) is 0 Å². The maximum absolute atomic E-state index is 11.6. The highest BCUT2D eigenvalue weighted by molar-refractivity contribution is 7.14. The standard InChI is InChI=1S/C18H19N3O3S/c1-3-4-17(23)21-18-20-15(10-25-18)12-5-6-16-13(9-12)14(7-8-24-16)19-11(2)22/h3-6,9-10,14H,7-8H2,1-2H3,(H,19,22)(H,20,21,23)/b4-3+. The van der Waals surface area contributed by atoms with Crippen molar-refractivity contribution in [2.24, 2.45) is 0 Å². The van der Waals surface area contributed by atoms with E-state index in [1.54, 1.807) is 13.0 Å². The summed E-state index contributed by atoms with van der Waals surface area (Å²) in [7, 11) is 0. The smallest absolute Gasteiger partial charge is 0.249 e. The van der Waals surface area contributed by atoms with E-state index in [4.69, 9.17) is 4.74 Å². The minimum Gasteiger partial charge on any atom is -0.493 e. The van der Waals surface area contributed by atoms with Gasteiger partial charge in [-0.05, 0) is 31.2 Å². The first-order valence-corrected chi connectivity index (χ1v) is 8.88. The zero-order valence-corrected chi connectivity index (χ0v) is 14.9. The number of nitrogens with one attached hydrogen (secondary N) is 2. The first-order chi connectivity index (χ1) is 12.1. The SMILES string of the molecule is C/C=C/C(=O)Nc1nc(-c2ccc3c(c2)C(NC(C)=O)CCO3)cs1. The summed E-state index contributed by atoms with van der Waals surface area (Å²) in [5.41, 5.74) is 2.64. The first-order valence-electron chi connectivity index (χ1n) is 8.00. The molecule has 1 aliphatic rings. The second-order valence-electron chi connectivity index (χ2n) is 5.67. The Kier molecular flexibility index (Phi) is 5.14. The van der Waals surface area contributed by atoms with Crippen molar-refractivity contribution < 1.29 is 14.3 Å². The van der Waals surface area contributed by atoms with E-state index in [1.165, 1.54) is 24.3 Å². The summed E-state index contributed by atoms with van der Waals surface area (Å²) in [5, 5.41) is 8.13. The van der Waals surface area contributed by atoms with Crippen LogP contribution in [0.3, 0.4) is 0 Å². The van der Waals surface area contributed by atoms with E-state index in [1.807, 2.05) is 23.6 Å². The molecule has 7 heteroatoms. The molecule has 0 saturated carbocycles. The number of ether oxygens (including phenoxy) is 1. The van der Waals surface area contributed by atoms with E-state index < -0.39 is 0 Å². The molecule has 0 bridgehead atoms. The molecule has 0 fully saturated rings. The molecule has 0 aliphatic carbocycles. The molecule has 25 heavy (non-hydrogen) atoms. The summed E-state index contributed by atoms with van der Waals surface area (Å²) in [4.78, 5) is 27.5. The number of hydrogen-bond acceptors (Lipinski definition) is 5. The van der Waals surface area contributed by atoms with Crippen LogP contribution in [0.2, 0.25) is 0 Å². The van der Waals surface area contributed by atoms with Crippen molar-refractivity contribution in [2.45, 2.75) is 26.3 Å². The summed E-state index contributed by atoms with van der Waals surface area (Å²) in [6, 6.07) is 5.76. The highest BCUT2D eigenvalue weighted by atomic mass is 32.1. The number of amides is 2. The number of rotatable bonds is 4. The third-order valence-corrected chi connectivity index (χ3v) is 4.53. The molecule has 1 aromatic heterocycles. The van der Waals surface area contributed by atoms with Gasteiger partial charge in [0.05, 0.1) is 18.3 Å². The van der Waals surface area contributed by atoms with Gasteiger partial charge in [-0.15, -0.1) is 11.3 Å². The molecular weight excluding hydrogens is 338 g/mol. The Morgan fingerprint density at radius 2 is 2.24 bits per heavy atom. The number of carbonyl (C=O) groups excluding carboxylic acids is 2. The van der Waals surface area contributed by atoms with Crippen molar-refractivity contribution in [1.82, 2.24) is 10.3 Å². The summed E-state index contributed by atoms with van der Waals surface area (Å²) in [6.45, 7) is 3.88. The molecule has 2 aromatic rings. The predicted octanol–water partition coefficient (Wildman–Crippen LogP) is 3.28. The van der Waals surface area contributed by atoms with Crippen LogP contribution in [0.4, 0.5) is 5.13 Å². The fourth-order valence-electron chi connectivity index (χ4n) is 2.71. The summed E-state index contributed by atoms with van der Waals surface area (Å²) < 4.78 is 5.68. The van der Waals surface area contributed by atoms with Gasteiger partial charge >= 0.3 is 0 Å². The molecule has 1 aliphatic heterocycles. The second kappa shape index (κ2) is 7.48. The van der Waals surface area contributed by atoms with Crippen molar-refractivity contribution in [1.29, 1.82) is 0 Å². The Hall–Kier alpha value is -2.67. The van der Waals surface area contributed by atoms with Gasteiger partial charge < -0.3 is 10.1 Å². The molecule has 0 saturated heterocycles. The zero-order chi connectivity index (χ0) is 17.8. The Bertz CT molecular complexity index is 829. The number of nitrogens with zero attached hydrogens (tertiary/aromatic N) is 1. The normalized spacial score (nSPS) is 16.2. The zero-order valence-electron chi connectivity index (χ0n) is 14.0. The van der Waals surface area contributed by atoms with E-state index in [0.29, 0.717) is 11.7 Å². The Morgan fingerprint density at radius 1 is 1.40 bits per heavy atom. The lowest BCUT2D eigenvalue weighted by Gasteiger charge is -2.26. The number of hydrogen-bond donors (Lipinski definition) is 2. The quantitative estimate of drug-likeness (QED) is 0.823. The molecule has 1 aromatic carbocycles. The van der Waals surface area contributed by atoms with Crippen LogP contribution < -0.4 is 15.4 Å². The molecule has 1 atom stereocenters. The maximum atomic E-state index is 11.6. The van der Waals surface area contributed by atoms with Gasteiger partial charge in [0.15, 0.2) is 5.13 Å². The lowest BCUT2D eigenvalue weighted by atomic mass is 9.97. The second-order valence-corrected chi connectivity index (χ2v) is 6.53. The van der Waals surface area contributed by atoms with Crippen LogP contribution >= 0.6 is 11.3 Å². The van der Waals surface area contributed by atoms with Gasteiger partial charge in [0.1, 0.15) is 5.75 Å². The highest BCUT2D eigenvalue weighted by Crippen LogP contribution is 2.36. The molecule has 3 rings (SSSR count). The van der Waals surface area contributed by atoms with E-state index in [0.717, 1.165) is 29.0 Å². The Morgan fingerprint density at radius 3 is 3.00 bits per heavy atom. The van der Waals surface area contributed by atoms with E-state index in [-0.39, 0.29) is 17.9 Å². The van der Waals surface area contributed by atoms with E-state index >= 15 is 0 Å². The molecule has 0 radical (unpaired) electrons. The van der Waals surface area contributed by atoms with Crippen LogP contribution in [0.1, 0.15) is 31.9 Å². The Labute approximate surface area is 149 Å². The van der Waals surface area contributed by atoms with Gasteiger partial charge in [0, 0.05) is 29.9 Å². The molecule has 2 heterocycles. The first kappa shape index (κ1) is 17.2. The van der Waals surface area contributed by atoms with Crippen molar-refractivity contribution in [3.05, 3.63) is 41.3 Å². The molecule has 0 spiro atoms. The minimum atomic E-state index is -0.201. The van der Waals surface area contributed by atoms with Crippen molar-refractivity contribution >= 4 is 28.3 Å². The van der Waals surface area contributed by atoms with Crippen molar-refractivity contribution in [2.75, 3.05) is 11.9 Å². The monoisotopic (exact) mass is 357 g/mol. The van der Waals surface area contributed by atoms with Crippen LogP contribution in [0.5, 0.6) is 5.75 Å². The molecular formula is C18H19N3O3S. The summed E-state index contributed by atoms with van der Waals surface area (Å²) in [6.07, 6.45) is 3.86. The molecule has 2 amide bonds. The van der Waals surface area contributed by atoms with Crippen LogP contribution in [-0.2, 0) is 9.59 Å². The topological polar surface area (TPSA) is 80.3 Å². The van der Waals surface area contributed by atoms with Crippen LogP contribution in [0.15, 0.2) is 35.7 Å². The van der Waals surface area contributed by atoms with Crippen LogP contribution in [0, 0.1) is 0 Å². The fraction of sp³-hybridized carbons (Fsp3) is 0.278. The largest absolute Gasteiger partial charge is 0.493 e. The van der Waals surface area contributed by atoms with Gasteiger partial charge in [-0.3, -0.25) is 14.9 Å². The Balaban J connectivity index is 1.85. The summed E-state index contributed by atoms with van der Waals surface area (Å²) in [5.74, 6) is 0.518. The van der Waals surface area contributed by atoms with Gasteiger partial charge in [0.2, 0.25) is 11.8 Å². The lowest BCUT2D eigenvalue weighted by Crippen LogP contribution is -2.30. The fourth-order valence-corrected chi connectivity index (χ4v) is 3.43. The van der Waals surface area contributed by atoms with Gasteiger partial charge in [-0.25, -0.2) is 4.98 Å². The lowest BCUT2D eigenvalue weighted by molar-refractivity contribution is -0.119.